The lowest BCUT2D eigenvalue weighted by Gasteiger charge is -2.11. The SMILES string of the molecule is Cn1nc(C(F)(F)F)cc1Oc1cc(C#N)ccc1-c1ncc([C@@H](F)CN)cn1. The van der Waals surface area contributed by atoms with E-state index >= 15 is 0 Å². The van der Waals surface area contributed by atoms with Crippen LogP contribution in [-0.4, -0.2) is 26.3 Å². The van der Waals surface area contributed by atoms with Gasteiger partial charge in [-0.25, -0.2) is 19.0 Å². The van der Waals surface area contributed by atoms with Crippen LogP contribution in [0, 0.1) is 11.3 Å². The number of nitrogens with zero attached hydrogens (tertiary/aromatic N) is 5. The van der Waals surface area contributed by atoms with Crippen LogP contribution in [0.3, 0.4) is 0 Å². The maximum Gasteiger partial charge on any atom is 0.435 e. The zero-order valence-corrected chi connectivity index (χ0v) is 15.0. The van der Waals surface area contributed by atoms with Gasteiger partial charge in [-0.3, -0.25) is 0 Å². The van der Waals surface area contributed by atoms with Crippen molar-refractivity contribution in [2.24, 2.45) is 12.8 Å². The summed E-state index contributed by atoms with van der Waals surface area (Å²) in [5.74, 6) is -0.0166. The molecule has 2 aromatic heterocycles. The van der Waals surface area contributed by atoms with E-state index in [1.165, 1.54) is 37.6 Å². The van der Waals surface area contributed by atoms with E-state index in [4.69, 9.17) is 15.7 Å². The molecular formula is C18H14F4N6O. The summed E-state index contributed by atoms with van der Waals surface area (Å²) in [7, 11) is 1.29. The van der Waals surface area contributed by atoms with Crippen LogP contribution in [-0.2, 0) is 13.2 Å². The van der Waals surface area contributed by atoms with Gasteiger partial charge in [-0.05, 0) is 18.2 Å². The summed E-state index contributed by atoms with van der Waals surface area (Å²) in [6, 6.07) is 6.96. The average Bonchev–Trinajstić information content (AvgIpc) is 3.08. The van der Waals surface area contributed by atoms with Gasteiger partial charge < -0.3 is 10.5 Å². The molecule has 3 rings (SSSR count). The van der Waals surface area contributed by atoms with Gasteiger partial charge in [0.2, 0.25) is 5.88 Å². The Hall–Kier alpha value is -3.52. The van der Waals surface area contributed by atoms with E-state index in [-0.39, 0.29) is 35.1 Å². The van der Waals surface area contributed by atoms with E-state index < -0.39 is 18.0 Å². The Morgan fingerprint density at radius 3 is 2.48 bits per heavy atom. The molecule has 3 aromatic rings. The number of ether oxygens (including phenoxy) is 1. The van der Waals surface area contributed by atoms with Crippen molar-refractivity contribution >= 4 is 0 Å². The number of alkyl halides is 4. The molecule has 7 nitrogen and oxygen atoms in total. The summed E-state index contributed by atoms with van der Waals surface area (Å²) in [5.41, 5.74) is 4.85. The number of benzene rings is 1. The van der Waals surface area contributed by atoms with Crippen LogP contribution in [0.2, 0.25) is 0 Å². The molecule has 0 bridgehead atoms. The van der Waals surface area contributed by atoms with E-state index in [0.717, 1.165) is 10.7 Å². The van der Waals surface area contributed by atoms with Gasteiger partial charge in [-0.15, -0.1) is 0 Å². The maximum atomic E-state index is 13.6. The largest absolute Gasteiger partial charge is 0.438 e. The van der Waals surface area contributed by atoms with Gasteiger partial charge in [0, 0.05) is 37.6 Å². The van der Waals surface area contributed by atoms with Crippen LogP contribution in [0.15, 0.2) is 36.7 Å². The van der Waals surface area contributed by atoms with Gasteiger partial charge >= 0.3 is 6.18 Å². The van der Waals surface area contributed by atoms with Crippen molar-refractivity contribution in [2.45, 2.75) is 12.3 Å². The Balaban J connectivity index is 2.01. The highest BCUT2D eigenvalue weighted by Gasteiger charge is 2.35. The predicted molar refractivity (Wildman–Crippen MR) is 93.4 cm³/mol. The minimum Gasteiger partial charge on any atom is -0.438 e. The predicted octanol–water partition coefficient (Wildman–Crippen LogP) is 3.53. The number of hydrogen-bond donors (Lipinski definition) is 1. The first-order valence-corrected chi connectivity index (χ1v) is 8.22. The molecule has 150 valence electrons. The number of rotatable bonds is 5. The molecule has 0 aliphatic rings. The first-order chi connectivity index (χ1) is 13.7. The van der Waals surface area contributed by atoms with Crippen molar-refractivity contribution in [1.29, 1.82) is 5.26 Å². The topological polar surface area (TPSA) is 103 Å². The number of nitrogens with two attached hydrogens (primary N) is 1. The minimum absolute atomic E-state index is 0.0455. The van der Waals surface area contributed by atoms with Crippen molar-refractivity contribution in [3.63, 3.8) is 0 Å². The van der Waals surface area contributed by atoms with E-state index in [2.05, 4.69) is 15.1 Å². The van der Waals surface area contributed by atoms with E-state index in [0.29, 0.717) is 5.56 Å². The zero-order chi connectivity index (χ0) is 21.2. The van der Waals surface area contributed by atoms with E-state index in [1.807, 2.05) is 6.07 Å². The molecule has 11 heteroatoms. The fourth-order valence-corrected chi connectivity index (χ4v) is 2.43. The van der Waals surface area contributed by atoms with Crippen molar-refractivity contribution in [2.75, 3.05) is 6.54 Å². The first kappa shape index (κ1) is 20.2. The number of nitriles is 1. The van der Waals surface area contributed by atoms with E-state index in [1.54, 1.807) is 0 Å². The lowest BCUT2D eigenvalue weighted by Crippen LogP contribution is -2.08. The van der Waals surface area contributed by atoms with E-state index in [9.17, 15) is 17.6 Å². The summed E-state index contributed by atoms with van der Waals surface area (Å²) in [5, 5.41) is 12.5. The molecule has 0 amide bonds. The summed E-state index contributed by atoms with van der Waals surface area (Å²) in [6.45, 7) is -0.226. The highest BCUT2D eigenvalue weighted by molar-refractivity contribution is 5.66. The number of halogens is 4. The summed E-state index contributed by atoms with van der Waals surface area (Å²) < 4.78 is 58.8. The third-order valence-corrected chi connectivity index (χ3v) is 3.93. The van der Waals surface area contributed by atoms with Crippen molar-refractivity contribution in [3.8, 4) is 29.1 Å². The fraction of sp³-hybridized carbons (Fsp3) is 0.222. The maximum absolute atomic E-state index is 13.6. The van der Waals surface area contributed by atoms with Crippen molar-refractivity contribution in [3.05, 3.63) is 53.5 Å². The van der Waals surface area contributed by atoms with Gasteiger partial charge in [-0.2, -0.15) is 23.5 Å². The molecule has 0 unspecified atom stereocenters. The molecule has 0 radical (unpaired) electrons. The molecule has 0 saturated carbocycles. The second-order valence-electron chi connectivity index (χ2n) is 5.96. The third-order valence-electron chi connectivity index (χ3n) is 3.93. The Kier molecular flexibility index (Phi) is 5.47. The van der Waals surface area contributed by atoms with Gasteiger partial charge in [-0.1, -0.05) is 0 Å². The van der Waals surface area contributed by atoms with Gasteiger partial charge in [0.05, 0.1) is 17.2 Å². The highest BCUT2D eigenvalue weighted by Crippen LogP contribution is 2.35. The Labute approximate surface area is 162 Å². The third kappa shape index (κ3) is 4.33. The zero-order valence-electron chi connectivity index (χ0n) is 15.0. The Bertz CT molecular complexity index is 1060. The quantitative estimate of drug-likeness (QED) is 0.651. The molecule has 2 heterocycles. The van der Waals surface area contributed by atoms with Gasteiger partial charge in [0.15, 0.2) is 11.5 Å². The molecule has 2 N–H and O–H groups in total. The summed E-state index contributed by atoms with van der Waals surface area (Å²) in [4.78, 5) is 8.14. The summed E-state index contributed by atoms with van der Waals surface area (Å²) >= 11 is 0. The van der Waals surface area contributed by atoms with Crippen LogP contribution in [0.1, 0.15) is 23.0 Å². The molecule has 0 fully saturated rings. The lowest BCUT2D eigenvalue weighted by atomic mass is 10.1. The average molecular weight is 406 g/mol. The molecule has 0 spiro atoms. The lowest BCUT2D eigenvalue weighted by molar-refractivity contribution is -0.141. The molecule has 0 saturated heterocycles. The Morgan fingerprint density at radius 2 is 1.93 bits per heavy atom. The molecule has 1 atom stereocenters. The summed E-state index contributed by atoms with van der Waals surface area (Å²) in [6.07, 6.45) is -3.54. The van der Waals surface area contributed by atoms with Crippen LogP contribution in [0.4, 0.5) is 17.6 Å². The first-order valence-electron chi connectivity index (χ1n) is 8.22. The molecule has 1 aromatic carbocycles. The number of aromatic nitrogens is 4. The molecule has 29 heavy (non-hydrogen) atoms. The Morgan fingerprint density at radius 1 is 1.24 bits per heavy atom. The molecule has 0 aliphatic heterocycles. The molecular weight excluding hydrogens is 392 g/mol. The fourth-order valence-electron chi connectivity index (χ4n) is 2.43. The normalized spacial score (nSPS) is 12.4. The van der Waals surface area contributed by atoms with Gasteiger partial charge in [0.25, 0.3) is 0 Å². The van der Waals surface area contributed by atoms with Gasteiger partial charge in [0.1, 0.15) is 11.9 Å². The van der Waals surface area contributed by atoms with Crippen molar-refractivity contribution in [1.82, 2.24) is 19.7 Å². The second kappa shape index (κ2) is 7.84. The highest BCUT2D eigenvalue weighted by atomic mass is 19.4. The van der Waals surface area contributed by atoms with Crippen LogP contribution >= 0.6 is 0 Å². The molecule has 0 aliphatic carbocycles. The second-order valence-corrected chi connectivity index (χ2v) is 5.96. The van der Waals surface area contributed by atoms with Crippen molar-refractivity contribution < 1.29 is 22.3 Å². The van der Waals surface area contributed by atoms with Crippen LogP contribution < -0.4 is 10.5 Å². The standard InChI is InChI=1S/C18H14F4N6O/c1-28-16(5-15(27-28)18(20,21)22)29-14-4-10(6-23)2-3-12(14)17-25-8-11(9-26-17)13(19)7-24/h2-5,8-9,13H,7,24H2,1H3/t13-/m0/s1. The smallest absolute Gasteiger partial charge is 0.435 e. The number of hydrogen-bond acceptors (Lipinski definition) is 6. The monoisotopic (exact) mass is 406 g/mol. The van der Waals surface area contributed by atoms with Crippen LogP contribution in [0.5, 0.6) is 11.6 Å². The number of aryl methyl sites for hydroxylation is 1. The van der Waals surface area contributed by atoms with Crippen LogP contribution in [0.25, 0.3) is 11.4 Å². The minimum atomic E-state index is -4.64.